The summed E-state index contributed by atoms with van der Waals surface area (Å²) in [4.78, 5) is 10.8. The fourth-order valence-electron chi connectivity index (χ4n) is 2.92. The van der Waals surface area contributed by atoms with Crippen molar-refractivity contribution < 1.29 is 4.79 Å². The summed E-state index contributed by atoms with van der Waals surface area (Å²) in [5.74, 6) is 0.461. The Labute approximate surface area is 99.2 Å². The van der Waals surface area contributed by atoms with Crippen LogP contribution in [0.1, 0.15) is 53.4 Å². The third-order valence-corrected chi connectivity index (χ3v) is 3.70. The maximum Gasteiger partial charge on any atom is 0.218 e. The van der Waals surface area contributed by atoms with Crippen molar-refractivity contribution in [2.45, 2.75) is 65.5 Å². The highest BCUT2D eigenvalue weighted by atomic mass is 16.1. The van der Waals surface area contributed by atoms with Crippen LogP contribution in [0.25, 0.3) is 0 Å². The van der Waals surface area contributed by atoms with Gasteiger partial charge >= 0.3 is 0 Å². The summed E-state index contributed by atoms with van der Waals surface area (Å²) < 4.78 is 0. The molecule has 0 heterocycles. The zero-order valence-corrected chi connectivity index (χ0v) is 11.0. The Kier molecular flexibility index (Phi) is 4.36. The molecule has 0 bridgehead atoms. The Hall–Kier alpha value is -0.570. The van der Waals surface area contributed by atoms with Crippen LogP contribution in [0.4, 0.5) is 0 Å². The lowest BCUT2D eigenvalue weighted by molar-refractivity contribution is -0.118. The maximum absolute atomic E-state index is 10.8. The van der Waals surface area contributed by atoms with E-state index in [0.717, 1.165) is 0 Å². The molecule has 94 valence electrons. The molecule has 1 amide bonds. The fraction of sp³-hybridized carbons (Fsp3) is 0.923. The van der Waals surface area contributed by atoms with Crippen molar-refractivity contribution in [1.82, 2.24) is 5.32 Å². The van der Waals surface area contributed by atoms with E-state index < -0.39 is 0 Å². The highest BCUT2D eigenvalue weighted by molar-refractivity contribution is 5.74. The predicted octanol–water partition coefficient (Wildman–Crippen LogP) is 2.05. The summed E-state index contributed by atoms with van der Waals surface area (Å²) in [5.41, 5.74) is 5.67. The number of nitrogens with one attached hydrogen (secondary N) is 1. The van der Waals surface area contributed by atoms with Gasteiger partial charge in [0.2, 0.25) is 5.91 Å². The van der Waals surface area contributed by atoms with E-state index in [1.807, 2.05) is 6.92 Å². The van der Waals surface area contributed by atoms with E-state index in [1.54, 1.807) is 0 Å². The van der Waals surface area contributed by atoms with Crippen LogP contribution < -0.4 is 11.1 Å². The molecule has 0 aromatic rings. The van der Waals surface area contributed by atoms with Crippen molar-refractivity contribution in [2.75, 3.05) is 0 Å². The third-order valence-electron chi connectivity index (χ3n) is 3.70. The van der Waals surface area contributed by atoms with Crippen molar-refractivity contribution in [3.8, 4) is 0 Å². The minimum Gasteiger partial charge on any atom is -0.370 e. The second-order valence-corrected chi connectivity index (χ2v) is 6.23. The van der Waals surface area contributed by atoms with Gasteiger partial charge in [0, 0.05) is 18.5 Å². The second kappa shape index (κ2) is 5.17. The monoisotopic (exact) mass is 226 g/mol. The molecular formula is C13H26N2O. The molecule has 1 saturated carbocycles. The summed E-state index contributed by atoms with van der Waals surface area (Å²) in [6.45, 7) is 9.02. The van der Waals surface area contributed by atoms with Crippen LogP contribution in [0.3, 0.4) is 0 Å². The van der Waals surface area contributed by atoms with Gasteiger partial charge in [-0.05, 0) is 37.5 Å². The molecule has 3 N–H and O–H groups in total. The molecule has 16 heavy (non-hydrogen) atoms. The molecule has 0 aromatic heterocycles. The summed E-state index contributed by atoms with van der Waals surface area (Å²) in [6.07, 6.45) is 4.16. The molecule has 0 aliphatic heterocycles. The summed E-state index contributed by atoms with van der Waals surface area (Å²) in [5, 5.41) is 3.54. The molecule has 1 aliphatic carbocycles. The van der Waals surface area contributed by atoms with E-state index in [4.69, 9.17) is 5.73 Å². The van der Waals surface area contributed by atoms with Gasteiger partial charge in [-0.15, -0.1) is 0 Å². The minimum absolute atomic E-state index is 0.200. The molecule has 1 rings (SSSR count). The normalized spacial score (nSPS) is 31.0. The molecule has 1 fully saturated rings. The number of carbonyl (C=O) groups is 1. The van der Waals surface area contributed by atoms with Gasteiger partial charge in [-0.3, -0.25) is 4.79 Å². The average molecular weight is 226 g/mol. The molecule has 3 unspecified atom stereocenters. The van der Waals surface area contributed by atoms with Crippen molar-refractivity contribution in [2.24, 2.45) is 17.1 Å². The molecule has 3 nitrogen and oxygen atoms in total. The van der Waals surface area contributed by atoms with Crippen molar-refractivity contribution in [3.05, 3.63) is 0 Å². The maximum atomic E-state index is 10.8. The Morgan fingerprint density at radius 1 is 1.56 bits per heavy atom. The third kappa shape index (κ3) is 4.12. The van der Waals surface area contributed by atoms with Crippen LogP contribution in [0.2, 0.25) is 0 Å². The van der Waals surface area contributed by atoms with Gasteiger partial charge < -0.3 is 11.1 Å². The predicted molar refractivity (Wildman–Crippen MR) is 67.0 cm³/mol. The van der Waals surface area contributed by atoms with Crippen molar-refractivity contribution >= 4 is 5.91 Å². The van der Waals surface area contributed by atoms with E-state index >= 15 is 0 Å². The lowest BCUT2D eigenvalue weighted by Gasteiger charge is -2.40. The number of hydrogen-bond donors (Lipinski definition) is 2. The van der Waals surface area contributed by atoms with Gasteiger partial charge in [0.1, 0.15) is 0 Å². The first-order valence-electron chi connectivity index (χ1n) is 6.34. The second-order valence-electron chi connectivity index (χ2n) is 6.23. The summed E-state index contributed by atoms with van der Waals surface area (Å²) in [6, 6.07) is 0.744. The standard InChI is InChI=1S/C13H26N2O/c1-9-8-13(3,4)6-5-11(9)15-10(2)7-12(14)16/h9-11,15H,5-8H2,1-4H3,(H2,14,16). The first-order chi connectivity index (χ1) is 7.30. The van der Waals surface area contributed by atoms with E-state index in [0.29, 0.717) is 23.8 Å². The van der Waals surface area contributed by atoms with Crippen LogP contribution in [0.15, 0.2) is 0 Å². The largest absolute Gasteiger partial charge is 0.370 e. The highest BCUT2D eigenvalue weighted by Gasteiger charge is 2.32. The zero-order valence-electron chi connectivity index (χ0n) is 11.0. The average Bonchev–Trinajstić information content (AvgIpc) is 2.07. The van der Waals surface area contributed by atoms with Gasteiger partial charge in [-0.2, -0.15) is 0 Å². The molecular weight excluding hydrogens is 200 g/mol. The Balaban J connectivity index is 2.41. The van der Waals surface area contributed by atoms with Gasteiger partial charge in [-0.1, -0.05) is 20.8 Å². The minimum atomic E-state index is -0.219. The lowest BCUT2D eigenvalue weighted by Crippen LogP contribution is -2.46. The molecule has 0 aromatic carbocycles. The molecule has 1 aliphatic rings. The van der Waals surface area contributed by atoms with Crippen LogP contribution in [-0.2, 0) is 4.79 Å². The van der Waals surface area contributed by atoms with E-state index in [2.05, 4.69) is 26.1 Å². The van der Waals surface area contributed by atoms with Gasteiger partial charge in [-0.25, -0.2) is 0 Å². The zero-order chi connectivity index (χ0) is 12.3. The molecule has 0 saturated heterocycles. The van der Waals surface area contributed by atoms with E-state index in [-0.39, 0.29) is 11.9 Å². The molecule has 3 atom stereocenters. The highest BCUT2D eigenvalue weighted by Crippen LogP contribution is 2.38. The fourth-order valence-corrected chi connectivity index (χ4v) is 2.92. The van der Waals surface area contributed by atoms with Crippen LogP contribution in [0, 0.1) is 11.3 Å². The smallest absolute Gasteiger partial charge is 0.218 e. The summed E-state index contributed by atoms with van der Waals surface area (Å²) >= 11 is 0. The van der Waals surface area contributed by atoms with Gasteiger partial charge in [0.25, 0.3) is 0 Å². The number of primary amides is 1. The topological polar surface area (TPSA) is 55.1 Å². The lowest BCUT2D eigenvalue weighted by atomic mass is 9.70. The van der Waals surface area contributed by atoms with Gasteiger partial charge in [0.15, 0.2) is 0 Å². The first kappa shape index (κ1) is 13.5. The Morgan fingerprint density at radius 3 is 2.69 bits per heavy atom. The van der Waals surface area contributed by atoms with E-state index in [1.165, 1.54) is 19.3 Å². The van der Waals surface area contributed by atoms with Gasteiger partial charge in [0.05, 0.1) is 0 Å². The SMILES string of the molecule is CC(CC(N)=O)NC1CCC(C)(C)CC1C. The number of rotatable bonds is 4. The van der Waals surface area contributed by atoms with Crippen LogP contribution in [0.5, 0.6) is 0 Å². The van der Waals surface area contributed by atoms with Crippen molar-refractivity contribution in [3.63, 3.8) is 0 Å². The number of hydrogen-bond acceptors (Lipinski definition) is 2. The number of carbonyl (C=O) groups excluding carboxylic acids is 1. The van der Waals surface area contributed by atoms with E-state index in [9.17, 15) is 4.79 Å². The quantitative estimate of drug-likeness (QED) is 0.771. The van der Waals surface area contributed by atoms with Crippen LogP contribution >= 0.6 is 0 Å². The Bertz CT molecular complexity index is 250. The van der Waals surface area contributed by atoms with Crippen molar-refractivity contribution in [1.29, 1.82) is 0 Å². The molecule has 0 radical (unpaired) electrons. The molecule has 3 heteroatoms. The summed E-state index contributed by atoms with van der Waals surface area (Å²) in [7, 11) is 0. The Morgan fingerprint density at radius 2 is 2.19 bits per heavy atom. The molecule has 0 spiro atoms. The first-order valence-corrected chi connectivity index (χ1v) is 6.34. The number of nitrogens with two attached hydrogens (primary N) is 1. The van der Waals surface area contributed by atoms with Crippen LogP contribution in [-0.4, -0.2) is 18.0 Å². The number of amides is 1.